The SMILES string of the molecule is CCC(C(=O)Cl)C(C)N(CC)CC. The van der Waals surface area contributed by atoms with E-state index in [9.17, 15) is 4.79 Å². The topological polar surface area (TPSA) is 20.3 Å². The van der Waals surface area contributed by atoms with E-state index in [1.54, 1.807) is 0 Å². The van der Waals surface area contributed by atoms with Crippen LogP contribution in [-0.4, -0.2) is 29.3 Å². The van der Waals surface area contributed by atoms with Crippen LogP contribution < -0.4 is 0 Å². The van der Waals surface area contributed by atoms with Gasteiger partial charge in [-0.25, -0.2) is 0 Å². The molecule has 0 aliphatic carbocycles. The first-order valence-corrected chi connectivity index (χ1v) is 5.39. The van der Waals surface area contributed by atoms with E-state index in [1.807, 2.05) is 6.92 Å². The highest BCUT2D eigenvalue weighted by atomic mass is 35.5. The first-order valence-electron chi connectivity index (χ1n) is 5.01. The molecule has 0 aromatic carbocycles. The molecule has 0 amide bonds. The normalized spacial score (nSPS) is 15.8. The summed E-state index contributed by atoms with van der Waals surface area (Å²) in [7, 11) is 0. The summed E-state index contributed by atoms with van der Waals surface area (Å²) in [6.07, 6.45) is 0.819. The van der Waals surface area contributed by atoms with Crippen LogP contribution in [0.1, 0.15) is 34.1 Å². The fourth-order valence-corrected chi connectivity index (χ4v) is 2.08. The Kier molecular flexibility index (Phi) is 6.35. The molecular weight excluding hydrogens is 186 g/mol. The van der Waals surface area contributed by atoms with E-state index in [0.29, 0.717) is 0 Å². The van der Waals surface area contributed by atoms with Gasteiger partial charge in [-0.2, -0.15) is 0 Å². The Morgan fingerprint density at radius 2 is 1.77 bits per heavy atom. The van der Waals surface area contributed by atoms with Gasteiger partial charge in [0.15, 0.2) is 0 Å². The van der Waals surface area contributed by atoms with Crippen molar-refractivity contribution in [3.63, 3.8) is 0 Å². The molecule has 2 atom stereocenters. The zero-order chi connectivity index (χ0) is 10.4. The van der Waals surface area contributed by atoms with Crippen LogP contribution in [0.4, 0.5) is 0 Å². The average Bonchev–Trinajstić information content (AvgIpc) is 2.07. The van der Waals surface area contributed by atoms with E-state index >= 15 is 0 Å². The van der Waals surface area contributed by atoms with Crippen LogP contribution in [-0.2, 0) is 4.79 Å². The lowest BCUT2D eigenvalue weighted by atomic mass is 9.98. The molecule has 13 heavy (non-hydrogen) atoms. The van der Waals surface area contributed by atoms with Gasteiger partial charge in [0.05, 0.1) is 0 Å². The monoisotopic (exact) mass is 205 g/mol. The summed E-state index contributed by atoms with van der Waals surface area (Å²) in [6, 6.07) is 0.255. The lowest BCUT2D eigenvalue weighted by molar-refractivity contribution is -0.117. The van der Waals surface area contributed by atoms with E-state index in [0.717, 1.165) is 19.5 Å². The van der Waals surface area contributed by atoms with E-state index in [2.05, 4.69) is 25.7 Å². The number of hydrogen-bond acceptors (Lipinski definition) is 2. The number of halogens is 1. The third-order valence-corrected chi connectivity index (χ3v) is 2.98. The van der Waals surface area contributed by atoms with Gasteiger partial charge in [0.2, 0.25) is 5.24 Å². The molecule has 0 saturated heterocycles. The smallest absolute Gasteiger partial charge is 0.226 e. The van der Waals surface area contributed by atoms with Crippen molar-refractivity contribution in [2.75, 3.05) is 13.1 Å². The molecule has 2 nitrogen and oxygen atoms in total. The highest BCUT2D eigenvalue weighted by Crippen LogP contribution is 2.17. The number of carbonyl (C=O) groups is 1. The molecule has 0 fully saturated rings. The van der Waals surface area contributed by atoms with Crippen molar-refractivity contribution in [2.24, 2.45) is 5.92 Å². The Balaban J connectivity index is 4.33. The highest BCUT2D eigenvalue weighted by Gasteiger charge is 2.24. The second kappa shape index (κ2) is 6.39. The van der Waals surface area contributed by atoms with Gasteiger partial charge in [-0.1, -0.05) is 20.8 Å². The van der Waals surface area contributed by atoms with Gasteiger partial charge in [-0.3, -0.25) is 4.79 Å². The van der Waals surface area contributed by atoms with Crippen molar-refractivity contribution in [2.45, 2.75) is 40.2 Å². The minimum Gasteiger partial charge on any atom is -0.300 e. The van der Waals surface area contributed by atoms with Gasteiger partial charge in [-0.15, -0.1) is 0 Å². The first kappa shape index (κ1) is 12.9. The molecule has 3 heteroatoms. The molecule has 0 rings (SSSR count). The predicted octanol–water partition coefficient (Wildman–Crippen LogP) is 2.51. The van der Waals surface area contributed by atoms with Crippen molar-refractivity contribution >= 4 is 16.8 Å². The van der Waals surface area contributed by atoms with Gasteiger partial charge in [0.25, 0.3) is 0 Å². The van der Waals surface area contributed by atoms with Gasteiger partial charge in [0, 0.05) is 12.0 Å². The summed E-state index contributed by atoms with van der Waals surface area (Å²) in [5.74, 6) is -0.0263. The largest absolute Gasteiger partial charge is 0.300 e. The lowest BCUT2D eigenvalue weighted by Crippen LogP contribution is -2.40. The summed E-state index contributed by atoms with van der Waals surface area (Å²) in [6.45, 7) is 10.2. The van der Waals surface area contributed by atoms with Crippen LogP contribution in [0.5, 0.6) is 0 Å². The molecule has 0 spiro atoms. The maximum atomic E-state index is 11.1. The Labute approximate surface area is 86.2 Å². The Bertz CT molecular complexity index is 157. The standard InChI is InChI=1S/C10H20ClNO/c1-5-9(10(11)13)8(4)12(6-2)7-3/h8-9H,5-7H2,1-4H3. The van der Waals surface area contributed by atoms with Gasteiger partial charge >= 0.3 is 0 Å². The van der Waals surface area contributed by atoms with E-state index in [1.165, 1.54) is 0 Å². The van der Waals surface area contributed by atoms with Crippen LogP contribution >= 0.6 is 11.6 Å². The summed E-state index contributed by atoms with van der Waals surface area (Å²) >= 11 is 5.53. The van der Waals surface area contributed by atoms with E-state index < -0.39 is 0 Å². The predicted molar refractivity (Wildman–Crippen MR) is 57.0 cm³/mol. The van der Waals surface area contributed by atoms with Crippen molar-refractivity contribution in [1.29, 1.82) is 0 Å². The van der Waals surface area contributed by atoms with Crippen molar-refractivity contribution in [1.82, 2.24) is 4.90 Å². The number of carbonyl (C=O) groups excluding carboxylic acids is 1. The quantitative estimate of drug-likeness (QED) is 0.622. The summed E-state index contributed by atoms with van der Waals surface area (Å²) in [5.41, 5.74) is 0. The van der Waals surface area contributed by atoms with Crippen LogP contribution in [0.15, 0.2) is 0 Å². The van der Waals surface area contributed by atoms with E-state index in [4.69, 9.17) is 11.6 Å². The Hall–Kier alpha value is -0.0800. The molecule has 2 unspecified atom stereocenters. The summed E-state index contributed by atoms with van der Waals surface area (Å²) < 4.78 is 0. The average molecular weight is 206 g/mol. The van der Waals surface area contributed by atoms with Crippen molar-refractivity contribution < 1.29 is 4.79 Å². The molecule has 78 valence electrons. The minimum atomic E-state index is -0.207. The van der Waals surface area contributed by atoms with Gasteiger partial charge in [-0.05, 0) is 38.0 Å². The van der Waals surface area contributed by atoms with Gasteiger partial charge in [0.1, 0.15) is 0 Å². The molecule has 0 heterocycles. The number of rotatable bonds is 6. The molecule has 0 aromatic rings. The van der Waals surface area contributed by atoms with Crippen LogP contribution in [0.3, 0.4) is 0 Å². The van der Waals surface area contributed by atoms with Crippen LogP contribution in [0.2, 0.25) is 0 Å². The molecule has 0 saturated carbocycles. The second-order valence-corrected chi connectivity index (χ2v) is 3.65. The van der Waals surface area contributed by atoms with E-state index in [-0.39, 0.29) is 17.2 Å². The minimum absolute atomic E-state index is 0.0263. The molecule has 0 aromatic heterocycles. The van der Waals surface area contributed by atoms with Crippen molar-refractivity contribution in [3.8, 4) is 0 Å². The Morgan fingerprint density at radius 3 is 2.00 bits per heavy atom. The third kappa shape index (κ3) is 3.65. The maximum absolute atomic E-state index is 11.1. The van der Waals surface area contributed by atoms with Crippen LogP contribution in [0.25, 0.3) is 0 Å². The second-order valence-electron chi connectivity index (χ2n) is 3.28. The fourth-order valence-electron chi connectivity index (χ4n) is 1.75. The summed E-state index contributed by atoms with van der Waals surface area (Å²) in [5, 5.41) is -0.207. The number of hydrogen-bond donors (Lipinski definition) is 0. The summed E-state index contributed by atoms with van der Waals surface area (Å²) in [4.78, 5) is 13.3. The molecule has 0 N–H and O–H groups in total. The molecule has 0 aliphatic rings. The first-order chi connectivity index (χ1) is 6.08. The zero-order valence-corrected chi connectivity index (χ0v) is 9.77. The molecular formula is C10H20ClNO. The number of nitrogens with zero attached hydrogens (tertiary/aromatic N) is 1. The van der Waals surface area contributed by atoms with Crippen molar-refractivity contribution in [3.05, 3.63) is 0 Å². The maximum Gasteiger partial charge on any atom is 0.226 e. The van der Waals surface area contributed by atoms with Gasteiger partial charge < -0.3 is 4.90 Å². The molecule has 0 aliphatic heterocycles. The lowest BCUT2D eigenvalue weighted by Gasteiger charge is -2.30. The van der Waals surface area contributed by atoms with Crippen LogP contribution in [0, 0.1) is 5.92 Å². The zero-order valence-electron chi connectivity index (χ0n) is 9.01. The Morgan fingerprint density at radius 1 is 1.31 bits per heavy atom. The highest BCUT2D eigenvalue weighted by molar-refractivity contribution is 6.64. The molecule has 0 radical (unpaired) electrons. The fraction of sp³-hybridized carbons (Fsp3) is 0.900. The molecule has 0 bridgehead atoms. The third-order valence-electron chi connectivity index (χ3n) is 2.70.